The number of hydrogen-bond donors (Lipinski definition) is 2. The minimum atomic E-state index is -1.08. The lowest BCUT2D eigenvalue weighted by Crippen LogP contribution is -2.42. The van der Waals surface area contributed by atoms with Crippen molar-refractivity contribution in [3.8, 4) is 0 Å². The molecule has 0 saturated carbocycles. The van der Waals surface area contributed by atoms with E-state index < -0.39 is 5.60 Å². The van der Waals surface area contributed by atoms with Gasteiger partial charge in [-0.3, -0.25) is 5.01 Å². The number of nitrogens with one attached hydrogen (secondary N) is 1. The number of piperazine rings is 1. The van der Waals surface area contributed by atoms with E-state index in [1.807, 2.05) is 28.2 Å². The van der Waals surface area contributed by atoms with Crippen LogP contribution in [0.15, 0.2) is 67.9 Å². The van der Waals surface area contributed by atoms with Crippen molar-refractivity contribution < 1.29 is 5.11 Å². The van der Waals surface area contributed by atoms with Crippen LogP contribution in [0.4, 0.5) is 29.0 Å². The van der Waals surface area contributed by atoms with Gasteiger partial charge in [-0.15, -0.1) is 6.58 Å². The molecule has 1 saturated heterocycles. The Bertz CT molecular complexity index is 1300. The highest BCUT2D eigenvalue weighted by Gasteiger charge is 2.34. The number of aliphatic hydroxyl groups is 1. The summed E-state index contributed by atoms with van der Waals surface area (Å²) in [6, 6.07) is 13.9. The molecule has 5 rings (SSSR count). The van der Waals surface area contributed by atoms with E-state index in [-0.39, 0.29) is 0 Å². The van der Waals surface area contributed by atoms with Crippen molar-refractivity contribution in [1.82, 2.24) is 23.1 Å². The van der Waals surface area contributed by atoms with Gasteiger partial charge in [0.15, 0.2) is 11.6 Å². The fourth-order valence-corrected chi connectivity index (χ4v) is 4.86. The van der Waals surface area contributed by atoms with Crippen molar-refractivity contribution in [2.75, 3.05) is 47.9 Å². The third-order valence-electron chi connectivity index (χ3n) is 6.43. The highest BCUT2D eigenvalue weighted by Crippen LogP contribution is 2.41. The normalized spacial score (nSPS) is 16.2. The van der Waals surface area contributed by atoms with E-state index in [0.717, 1.165) is 43.1 Å². The first-order chi connectivity index (χ1) is 17.7. The number of anilines is 5. The van der Waals surface area contributed by atoms with Gasteiger partial charge in [0.05, 0.1) is 23.5 Å². The SMILES string of the molecule is C=CCN1C(=C)c2cnc(Nc3ccc(N4CCN(I)CC4)cc3)nc2N1c1cccc(C(C)(C)O)n1. The van der Waals surface area contributed by atoms with Crippen molar-refractivity contribution in [2.45, 2.75) is 19.4 Å². The second-order valence-corrected chi connectivity index (χ2v) is 10.9. The average Bonchev–Trinajstić information content (AvgIpc) is 3.15. The van der Waals surface area contributed by atoms with E-state index in [1.165, 1.54) is 5.69 Å². The van der Waals surface area contributed by atoms with Crippen LogP contribution in [0.5, 0.6) is 0 Å². The Kier molecular flexibility index (Phi) is 7.06. The van der Waals surface area contributed by atoms with Gasteiger partial charge in [0, 0.05) is 66.6 Å². The molecular weight excluding hydrogens is 579 g/mol. The molecule has 0 atom stereocenters. The Hall–Kier alpha value is -3.22. The molecule has 2 N–H and O–H groups in total. The molecule has 10 heteroatoms. The molecule has 0 spiro atoms. The van der Waals surface area contributed by atoms with E-state index in [9.17, 15) is 5.11 Å². The molecular formula is C27H31IN8O. The first-order valence-corrected chi connectivity index (χ1v) is 13.2. The van der Waals surface area contributed by atoms with Gasteiger partial charge in [0.1, 0.15) is 5.60 Å². The topological polar surface area (TPSA) is 83.9 Å². The van der Waals surface area contributed by atoms with E-state index in [4.69, 9.17) is 9.97 Å². The first kappa shape index (κ1) is 25.4. The number of halogens is 1. The van der Waals surface area contributed by atoms with Crippen LogP contribution in [0.25, 0.3) is 5.70 Å². The summed E-state index contributed by atoms with van der Waals surface area (Å²) in [7, 11) is 0. The Morgan fingerprint density at radius 2 is 1.81 bits per heavy atom. The van der Waals surface area contributed by atoms with E-state index in [1.54, 1.807) is 26.1 Å². The second kappa shape index (κ2) is 10.3. The Morgan fingerprint density at radius 1 is 1.08 bits per heavy atom. The van der Waals surface area contributed by atoms with Gasteiger partial charge in [0.25, 0.3) is 0 Å². The molecule has 0 bridgehead atoms. The first-order valence-electron chi connectivity index (χ1n) is 12.2. The molecule has 2 aliphatic rings. The highest BCUT2D eigenvalue weighted by molar-refractivity contribution is 14.1. The number of benzene rings is 1. The quantitative estimate of drug-likeness (QED) is 0.222. The Balaban J connectivity index is 1.43. The maximum absolute atomic E-state index is 10.5. The summed E-state index contributed by atoms with van der Waals surface area (Å²) in [6.45, 7) is 16.3. The van der Waals surface area contributed by atoms with Crippen molar-refractivity contribution in [1.29, 1.82) is 0 Å². The van der Waals surface area contributed by atoms with Gasteiger partial charge in [-0.05, 0) is 50.2 Å². The molecule has 1 aromatic carbocycles. The maximum Gasteiger partial charge on any atom is 0.229 e. The minimum Gasteiger partial charge on any atom is -0.384 e. The molecule has 1 fully saturated rings. The number of fused-ring (bicyclic) bond motifs is 1. The number of hydrogen-bond acceptors (Lipinski definition) is 9. The number of nitrogens with zero attached hydrogens (tertiary/aromatic N) is 7. The lowest BCUT2D eigenvalue weighted by Gasteiger charge is -2.33. The van der Waals surface area contributed by atoms with E-state index >= 15 is 0 Å². The third-order valence-corrected chi connectivity index (χ3v) is 7.39. The number of pyridine rings is 1. The predicted molar refractivity (Wildman–Crippen MR) is 157 cm³/mol. The zero-order valence-electron chi connectivity index (χ0n) is 21.1. The zero-order valence-corrected chi connectivity index (χ0v) is 23.3. The van der Waals surface area contributed by atoms with Crippen molar-refractivity contribution in [3.63, 3.8) is 0 Å². The third kappa shape index (κ3) is 5.27. The zero-order chi connectivity index (χ0) is 26.2. The van der Waals surface area contributed by atoms with Gasteiger partial charge in [-0.2, -0.15) is 4.98 Å². The number of hydrazine groups is 1. The molecule has 37 heavy (non-hydrogen) atoms. The lowest BCUT2D eigenvalue weighted by atomic mass is 10.1. The molecule has 9 nitrogen and oxygen atoms in total. The molecule has 3 aromatic rings. The van der Waals surface area contributed by atoms with Gasteiger partial charge in [-0.1, -0.05) is 18.7 Å². The van der Waals surface area contributed by atoms with Crippen LogP contribution in [0.1, 0.15) is 25.1 Å². The monoisotopic (exact) mass is 610 g/mol. The van der Waals surface area contributed by atoms with Crippen LogP contribution in [-0.2, 0) is 5.60 Å². The smallest absolute Gasteiger partial charge is 0.229 e. The molecule has 4 heterocycles. The molecule has 2 aromatic heterocycles. The van der Waals surface area contributed by atoms with Gasteiger partial charge in [-0.25, -0.2) is 18.1 Å². The van der Waals surface area contributed by atoms with Crippen LogP contribution in [0.3, 0.4) is 0 Å². The summed E-state index contributed by atoms with van der Waals surface area (Å²) in [5.74, 6) is 1.77. The molecule has 0 radical (unpaired) electrons. The highest BCUT2D eigenvalue weighted by atomic mass is 127. The van der Waals surface area contributed by atoms with Crippen LogP contribution >= 0.6 is 22.9 Å². The minimum absolute atomic E-state index is 0.474. The fourth-order valence-electron chi connectivity index (χ4n) is 4.43. The van der Waals surface area contributed by atoms with E-state index in [2.05, 4.69) is 78.6 Å². The number of aromatic nitrogens is 3. The van der Waals surface area contributed by atoms with Crippen molar-refractivity contribution in [2.24, 2.45) is 0 Å². The summed E-state index contributed by atoms with van der Waals surface area (Å²) < 4.78 is 2.32. The lowest BCUT2D eigenvalue weighted by molar-refractivity contribution is 0.0739. The van der Waals surface area contributed by atoms with Crippen LogP contribution in [0.2, 0.25) is 0 Å². The summed E-state index contributed by atoms with van der Waals surface area (Å²) in [5.41, 5.74) is 3.18. The average molecular weight is 611 g/mol. The number of rotatable bonds is 7. The Labute approximate surface area is 231 Å². The van der Waals surface area contributed by atoms with E-state index in [0.29, 0.717) is 29.8 Å². The van der Waals surface area contributed by atoms with Crippen LogP contribution < -0.4 is 15.2 Å². The largest absolute Gasteiger partial charge is 0.384 e. The summed E-state index contributed by atoms with van der Waals surface area (Å²) >= 11 is 2.38. The maximum atomic E-state index is 10.5. The van der Waals surface area contributed by atoms with Crippen molar-refractivity contribution in [3.05, 3.63) is 79.2 Å². The fraction of sp³-hybridized carbons (Fsp3) is 0.296. The van der Waals surface area contributed by atoms with Crippen molar-refractivity contribution >= 4 is 57.5 Å². The predicted octanol–water partition coefficient (Wildman–Crippen LogP) is 4.84. The molecule has 2 aliphatic heterocycles. The standard InChI is InChI=1S/C27H31IN8O/c1-5-13-35-19(2)22-18-29-26(30-20-9-11-21(12-10-20)33-14-16-34(28)17-15-33)32-25(22)36(35)24-8-6-7-23(31-24)27(3,4)37/h5-12,18,37H,1-2,13-17H2,3-4H3,(H,29,30,32). The van der Waals surface area contributed by atoms with Gasteiger partial charge in [0.2, 0.25) is 5.95 Å². The molecule has 192 valence electrons. The molecule has 0 amide bonds. The summed E-state index contributed by atoms with van der Waals surface area (Å²) in [5, 5.41) is 17.7. The molecule has 0 aliphatic carbocycles. The van der Waals surface area contributed by atoms with Gasteiger partial charge < -0.3 is 15.3 Å². The second-order valence-electron chi connectivity index (χ2n) is 9.57. The molecule has 0 unspecified atom stereocenters. The van der Waals surface area contributed by atoms with Crippen LogP contribution in [-0.4, -0.2) is 60.9 Å². The Morgan fingerprint density at radius 3 is 2.49 bits per heavy atom. The van der Waals surface area contributed by atoms with Gasteiger partial charge >= 0.3 is 0 Å². The van der Waals surface area contributed by atoms with Crippen LogP contribution in [0, 0.1) is 0 Å². The summed E-state index contributed by atoms with van der Waals surface area (Å²) in [4.78, 5) is 16.5. The summed E-state index contributed by atoms with van der Waals surface area (Å²) in [6.07, 6.45) is 3.58.